The van der Waals surface area contributed by atoms with Gasteiger partial charge in [-0.15, -0.1) is 6.58 Å². The molecule has 1 aromatic carbocycles. The lowest BCUT2D eigenvalue weighted by atomic mass is 10.1. The van der Waals surface area contributed by atoms with Gasteiger partial charge in [-0.05, 0) is 48.6 Å². The van der Waals surface area contributed by atoms with Gasteiger partial charge >= 0.3 is 0 Å². The predicted molar refractivity (Wildman–Crippen MR) is 105 cm³/mol. The van der Waals surface area contributed by atoms with Crippen molar-refractivity contribution in [2.24, 2.45) is 0 Å². The number of carbonyl (C=O) groups is 2. The average molecular weight is 407 g/mol. The van der Waals surface area contributed by atoms with Gasteiger partial charge in [0.2, 0.25) is 0 Å². The number of nitrogens with zero attached hydrogens (tertiary/aromatic N) is 1. The SMILES string of the molecule is C=CCN1C(=O)/C(=C\c2ccc(-c3ccc(Cl)c(Cl)c3)o2)C(=O)NC1=S. The van der Waals surface area contributed by atoms with Crippen LogP contribution in [0.25, 0.3) is 17.4 Å². The van der Waals surface area contributed by atoms with Crippen LogP contribution in [0.15, 0.2) is 53.0 Å². The summed E-state index contributed by atoms with van der Waals surface area (Å²) in [5.41, 5.74) is 0.647. The highest BCUT2D eigenvalue weighted by Crippen LogP contribution is 2.30. The second-order valence-corrected chi connectivity index (χ2v) is 6.55. The predicted octanol–water partition coefficient (Wildman–Crippen LogP) is 4.07. The fourth-order valence-corrected chi connectivity index (χ4v) is 2.91. The van der Waals surface area contributed by atoms with Crippen LogP contribution in [0.4, 0.5) is 0 Å². The molecule has 0 atom stereocenters. The maximum Gasteiger partial charge on any atom is 0.266 e. The minimum atomic E-state index is -0.576. The number of halogens is 2. The zero-order valence-electron chi connectivity index (χ0n) is 13.3. The zero-order valence-corrected chi connectivity index (χ0v) is 15.6. The summed E-state index contributed by atoms with van der Waals surface area (Å²) >= 11 is 16.9. The molecule has 0 saturated carbocycles. The van der Waals surface area contributed by atoms with Crippen molar-refractivity contribution in [3.8, 4) is 11.3 Å². The monoisotopic (exact) mass is 406 g/mol. The van der Waals surface area contributed by atoms with Gasteiger partial charge in [-0.2, -0.15) is 0 Å². The topological polar surface area (TPSA) is 62.6 Å². The maximum atomic E-state index is 12.5. The molecule has 5 nitrogen and oxygen atoms in total. The Hall–Kier alpha value is -2.41. The molecule has 2 aromatic rings. The maximum absolute atomic E-state index is 12.5. The van der Waals surface area contributed by atoms with E-state index in [0.717, 1.165) is 5.56 Å². The Morgan fingerprint density at radius 3 is 2.65 bits per heavy atom. The molecule has 2 amide bonds. The van der Waals surface area contributed by atoms with Crippen LogP contribution in [0.3, 0.4) is 0 Å². The van der Waals surface area contributed by atoms with E-state index >= 15 is 0 Å². The summed E-state index contributed by atoms with van der Waals surface area (Å²) in [6.07, 6.45) is 2.89. The summed E-state index contributed by atoms with van der Waals surface area (Å²) < 4.78 is 5.70. The van der Waals surface area contributed by atoms with Gasteiger partial charge in [-0.25, -0.2) is 0 Å². The molecule has 0 spiro atoms. The van der Waals surface area contributed by atoms with E-state index in [-0.39, 0.29) is 17.2 Å². The first kappa shape index (κ1) is 18.4. The molecular weight excluding hydrogens is 395 g/mol. The van der Waals surface area contributed by atoms with Crippen LogP contribution < -0.4 is 5.32 Å². The van der Waals surface area contributed by atoms with Crippen molar-refractivity contribution in [3.63, 3.8) is 0 Å². The molecule has 132 valence electrons. The van der Waals surface area contributed by atoms with E-state index in [1.54, 1.807) is 30.3 Å². The van der Waals surface area contributed by atoms with Gasteiger partial charge in [0.05, 0.1) is 10.0 Å². The Morgan fingerprint density at radius 1 is 1.19 bits per heavy atom. The molecule has 1 aliphatic rings. The molecule has 1 aromatic heterocycles. The van der Waals surface area contributed by atoms with Gasteiger partial charge in [0.15, 0.2) is 5.11 Å². The summed E-state index contributed by atoms with van der Waals surface area (Å²) in [7, 11) is 0. The van der Waals surface area contributed by atoms with Crippen LogP contribution in [0, 0.1) is 0 Å². The molecular formula is C18H12Cl2N2O3S. The third-order valence-corrected chi connectivity index (χ3v) is 4.68. The molecule has 0 bridgehead atoms. The highest BCUT2D eigenvalue weighted by atomic mass is 35.5. The van der Waals surface area contributed by atoms with E-state index in [0.29, 0.717) is 21.6 Å². The summed E-state index contributed by atoms with van der Waals surface area (Å²) in [5.74, 6) is -0.215. The Kier molecular flexibility index (Phi) is 5.27. The summed E-state index contributed by atoms with van der Waals surface area (Å²) in [4.78, 5) is 25.8. The van der Waals surface area contributed by atoms with Crippen LogP contribution in [-0.4, -0.2) is 28.4 Å². The number of hydrogen-bond acceptors (Lipinski definition) is 4. The Morgan fingerprint density at radius 2 is 1.96 bits per heavy atom. The normalized spacial score (nSPS) is 16.2. The number of rotatable bonds is 4. The van der Waals surface area contributed by atoms with Crippen molar-refractivity contribution < 1.29 is 14.0 Å². The largest absolute Gasteiger partial charge is 0.457 e. The van der Waals surface area contributed by atoms with Crippen molar-refractivity contribution in [3.05, 3.63) is 64.4 Å². The van der Waals surface area contributed by atoms with E-state index in [1.807, 2.05) is 0 Å². The molecule has 8 heteroatoms. The summed E-state index contributed by atoms with van der Waals surface area (Å²) in [5, 5.41) is 3.36. The second-order valence-electron chi connectivity index (χ2n) is 5.35. The lowest BCUT2D eigenvalue weighted by Gasteiger charge is -2.27. The van der Waals surface area contributed by atoms with E-state index in [4.69, 9.17) is 39.8 Å². The molecule has 3 rings (SSSR count). The Bertz CT molecular complexity index is 965. The van der Waals surface area contributed by atoms with Crippen molar-refractivity contribution >= 4 is 58.4 Å². The number of hydrogen-bond donors (Lipinski definition) is 1. The first-order chi connectivity index (χ1) is 12.4. The number of benzene rings is 1. The molecule has 0 aliphatic carbocycles. The fourth-order valence-electron chi connectivity index (χ4n) is 2.37. The van der Waals surface area contributed by atoms with Gasteiger partial charge in [-0.3, -0.25) is 19.8 Å². The molecule has 26 heavy (non-hydrogen) atoms. The summed E-state index contributed by atoms with van der Waals surface area (Å²) in [6, 6.07) is 8.45. The number of nitrogens with one attached hydrogen (secondary N) is 1. The smallest absolute Gasteiger partial charge is 0.266 e. The van der Waals surface area contributed by atoms with Crippen LogP contribution in [0.5, 0.6) is 0 Å². The minimum absolute atomic E-state index is 0.0491. The van der Waals surface area contributed by atoms with Crippen molar-refractivity contribution in [1.29, 1.82) is 0 Å². The standard InChI is InChI=1S/C18H12Cl2N2O3S/c1-2-7-22-17(24)12(16(23)21-18(22)26)9-11-4-6-15(25-11)10-3-5-13(19)14(20)8-10/h2-6,8-9H,1,7H2,(H,21,23,26)/b12-9-. The lowest BCUT2D eigenvalue weighted by Crippen LogP contribution is -2.53. The average Bonchev–Trinajstić information content (AvgIpc) is 3.06. The van der Waals surface area contributed by atoms with Crippen LogP contribution >= 0.6 is 35.4 Å². The van der Waals surface area contributed by atoms with Gasteiger partial charge in [0.25, 0.3) is 11.8 Å². The molecule has 1 fully saturated rings. The molecule has 0 unspecified atom stereocenters. The Balaban J connectivity index is 1.92. The molecule has 1 aliphatic heterocycles. The van der Waals surface area contributed by atoms with E-state index in [2.05, 4.69) is 11.9 Å². The van der Waals surface area contributed by atoms with Crippen molar-refractivity contribution in [2.45, 2.75) is 0 Å². The zero-order chi connectivity index (χ0) is 18.8. The highest BCUT2D eigenvalue weighted by molar-refractivity contribution is 7.80. The van der Waals surface area contributed by atoms with E-state index in [9.17, 15) is 9.59 Å². The fraction of sp³-hybridized carbons (Fsp3) is 0.0556. The van der Waals surface area contributed by atoms with Crippen molar-refractivity contribution in [1.82, 2.24) is 10.2 Å². The van der Waals surface area contributed by atoms with Crippen LogP contribution in [0.1, 0.15) is 5.76 Å². The first-order valence-electron chi connectivity index (χ1n) is 7.45. The van der Waals surface area contributed by atoms with Crippen LogP contribution in [-0.2, 0) is 9.59 Å². The Labute approximate surface area is 164 Å². The van der Waals surface area contributed by atoms with Gasteiger partial charge in [0, 0.05) is 12.1 Å². The van der Waals surface area contributed by atoms with Gasteiger partial charge in [-0.1, -0.05) is 29.3 Å². The third kappa shape index (κ3) is 3.58. The number of thiocarbonyl (C=S) groups is 1. The van der Waals surface area contributed by atoms with Crippen molar-refractivity contribution in [2.75, 3.05) is 6.54 Å². The van der Waals surface area contributed by atoms with Gasteiger partial charge < -0.3 is 4.42 Å². The number of furan rings is 1. The summed E-state index contributed by atoms with van der Waals surface area (Å²) in [6.45, 7) is 3.77. The molecule has 2 heterocycles. The highest BCUT2D eigenvalue weighted by Gasteiger charge is 2.32. The van der Waals surface area contributed by atoms with E-state index in [1.165, 1.54) is 17.1 Å². The quantitative estimate of drug-likeness (QED) is 0.359. The lowest BCUT2D eigenvalue weighted by molar-refractivity contribution is -0.128. The third-order valence-electron chi connectivity index (χ3n) is 3.61. The first-order valence-corrected chi connectivity index (χ1v) is 8.62. The second kappa shape index (κ2) is 7.45. The van der Waals surface area contributed by atoms with E-state index < -0.39 is 11.8 Å². The molecule has 0 radical (unpaired) electrons. The number of amides is 2. The molecule has 1 N–H and O–H groups in total. The van der Waals surface area contributed by atoms with Gasteiger partial charge in [0.1, 0.15) is 17.1 Å². The number of carbonyl (C=O) groups excluding carboxylic acids is 2. The minimum Gasteiger partial charge on any atom is -0.457 e. The molecule has 1 saturated heterocycles. The van der Waals surface area contributed by atoms with Crippen LogP contribution in [0.2, 0.25) is 10.0 Å².